The SMILES string of the molecule is O=C(O)NC1CCN(CCOc2ccc(NC(=O)COc3ccc(C(F)(F)F)cc3Cl)cc2Cl)C1. The molecule has 0 bridgehead atoms. The van der Waals surface area contributed by atoms with Gasteiger partial charge < -0.3 is 25.2 Å². The lowest BCUT2D eigenvalue weighted by Crippen LogP contribution is -2.36. The standard InChI is InChI=1S/C22H22Cl2F3N3O5/c23-16-9-13(22(25,26)27)1-3-19(16)35-12-20(31)28-14-2-4-18(17(24)10-14)34-8-7-30-6-5-15(11-30)29-21(32)33/h1-4,9-10,15,29H,5-8,11-12H2,(H,28,31)(H,32,33). The van der Waals surface area contributed by atoms with Crippen LogP contribution in [0.1, 0.15) is 12.0 Å². The molecule has 1 aliphatic heterocycles. The number of carbonyl (C=O) groups excluding carboxylic acids is 1. The van der Waals surface area contributed by atoms with Gasteiger partial charge in [0, 0.05) is 31.4 Å². The molecule has 0 spiro atoms. The molecule has 2 aromatic carbocycles. The van der Waals surface area contributed by atoms with Crippen molar-refractivity contribution in [2.75, 3.05) is 38.2 Å². The minimum atomic E-state index is -4.54. The first-order valence-electron chi connectivity index (χ1n) is 10.4. The summed E-state index contributed by atoms with van der Waals surface area (Å²) < 4.78 is 49.0. The summed E-state index contributed by atoms with van der Waals surface area (Å²) in [7, 11) is 0. The number of hydrogen-bond donors (Lipinski definition) is 3. The minimum absolute atomic E-state index is 0.0559. The number of nitrogens with zero attached hydrogens (tertiary/aromatic N) is 1. The third kappa shape index (κ3) is 8.08. The van der Waals surface area contributed by atoms with Crippen molar-refractivity contribution in [2.45, 2.75) is 18.6 Å². The van der Waals surface area contributed by atoms with E-state index in [0.717, 1.165) is 31.2 Å². The summed E-state index contributed by atoms with van der Waals surface area (Å²) in [6.45, 7) is 1.82. The highest BCUT2D eigenvalue weighted by Gasteiger charge is 2.31. The first kappa shape index (κ1) is 26.7. The summed E-state index contributed by atoms with van der Waals surface area (Å²) in [5.41, 5.74) is -0.548. The van der Waals surface area contributed by atoms with Crippen molar-refractivity contribution in [1.29, 1.82) is 0 Å². The van der Waals surface area contributed by atoms with Crippen molar-refractivity contribution in [3.05, 3.63) is 52.0 Å². The highest BCUT2D eigenvalue weighted by Crippen LogP contribution is 2.34. The lowest BCUT2D eigenvalue weighted by Gasteiger charge is -2.17. The van der Waals surface area contributed by atoms with Gasteiger partial charge in [-0.3, -0.25) is 9.69 Å². The van der Waals surface area contributed by atoms with Gasteiger partial charge in [0.05, 0.1) is 15.6 Å². The monoisotopic (exact) mass is 535 g/mol. The molecule has 3 rings (SSSR count). The molecule has 190 valence electrons. The van der Waals surface area contributed by atoms with Crippen LogP contribution in [0.3, 0.4) is 0 Å². The van der Waals surface area contributed by atoms with Crippen LogP contribution in [0, 0.1) is 0 Å². The van der Waals surface area contributed by atoms with Crippen molar-refractivity contribution < 1.29 is 37.3 Å². The first-order valence-corrected chi connectivity index (χ1v) is 11.2. The van der Waals surface area contributed by atoms with Crippen LogP contribution in [-0.2, 0) is 11.0 Å². The van der Waals surface area contributed by atoms with Crippen LogP contribution in [0.25, 0.3) is 0 Å². The van der Waals surface area contributed by atoms with Gasteiger partial charge in [0.15, 0.2) is 6.61 Å². The average molecular weight is 536 g/mol. The van der Waals surface area contributed by atoms with E-state index in [2.05, 4.69) is 15.5 Å². The van der Waals surface area contributed by atoms with E-state index >= 15 is 0 Å². The predicted molar refractivity (Wildman–Crippen MR) is 124 cm³/mol. The van der Waals surface area contributed by atoms with E-state index < -0.39 is 30.3 Å². The smallest absolute Gasteiger partial charge is 0.416 e. The molecule has 2 aromatic rings. The number of hydrogen-bond acceptors (Lipinski definition) is 5. The number of alkyl halides is 3. The highest BCUT2D eigenvalue weighted by atomic mass is 35.5. The molecular formula is C22H22Cl2F3N3O5. The second kappa shape index (κ2) is 11.7. The van der Waals surface area contributed by atoms with Gasteiger partial charge in [-0.1, -0.05) is 23.2 Å². The van der Waals surface area contributed by atoms with Gasteiger partial charge in [-0.15, -0.1) is 0 Å². The topological polar surface area (TPSA) is 100 Å². The fourth-order valence-electron chi connectivity index (χ4n) is 3.44. The van der Waals surface area contributed by atoms with Gasteiger partial charge in [-0.25, -0.2) is 4.79 Å². The van der Waals surface area contributed by atoms with Crippen LogP contribution in [0.5, 0.6) is 11.5 Å². The molecule has 35 heavy (non-hydrogen) atoms. The van der Waals surface area contributed by atoms with E-state index in [1.54, 1.807) is 12.1 Å². The van der Waals surface area contributed by atoms with Crippen molar-refractivity contribution in [3.8, 4) is 11.5 Å². The van der Waals surface area contributed by atoms with Crippen LogP contribution < -0.4 is 20.1 Å². The molecular weight excluding hydrogens is 514 g/mol. The van der Waals surface area contributed by atoms with Crippen molar-refractivity contribution >= 4 is 40.9 Å². The van der Waals surface area contributed by atoms with E-state index in [4.69, 9.17) is 37.8 Å². The van der Waals surface area contributed by atoms with Gasteiger partial charge in [-0.2, -0.15) is 13.2 Å². The molecule has 1 heterocycles. The summed E-state index contributed by atoms with van der Waals surface area (Å²) in [6.07, 6.45) is -4.84. The largest absolute Gasteiger partial charge is 0.491 e. The fourth-order valence-corrected chi connectivity index (χ4v) is 3.91. The maximum atomic E-state index is 12.7. The number of ether oxygens (including phenoxy) is 2. The zero-order valence-electron chi connectivity index (χ0n) is 18.2. The Hall–Kier alpha value is -2.89. The maximum absolute atomic E-state index is 12.7. The maximum Gasteiger partial charge on any atom is 0.416 e. The summed E-state index contributed by atoms with van der Waals surface area (Å²) in [5, 5.41) is 13.8. The lowest BCUT2D eigenvalue weighted by molar-refractivity contribution is -0.137. The van der Waals surface area contributed by atoms with Crippen LogP contribution in [0.4, 0.5) is 23.7 Å². The molecule has 2 amide bonds. The predicted octanol–water partition coefficient (Wildman–Crippen LogP) is 4.75. The van der Waals surface area contributed by atoms with Crippen molar-refractivity contribution in [2.24, 2.45) is 0 Å². The Morgan fingerprint density at radius 2 is 1.77 bits per heavy atom. The Morgan fingerprint density at radius 3 is 2.43 bits per heavy atom. The number of rotatable bonds is 9. The summed E-state index contributed by atoms with van der Waals surface area (Å²) in [6, 6.07) is 7.14. The summed E-state index contributed by atoms with van der Waals surface area (Å²) >= 11 is 12.0. The number of amides is 2. The number of carbonyl (C=O) groups is 2. The molecule has 0 aliphatic carbocycles. The van der Waals surface area contributed by atoms with E-state index in [1.807, 2.05) is 0 Å². The molecule has 1 aliphatic rings. The van der Waals surface area contributed by atoms with Crippen LogP contribution >= 0.6 is 23.2 Å². The zero-order valence-corrected chi connectivity index (χ0v) is 19.7. The quantitative estimate of drug-likeness (QED) is 0.428. The Kier molecular flexibility index (Phi) is 8.92. The average Bonchev–Trinajstić information content (AvgIpc) is 3.20. The van der Waals surface area contributed by atoms with E-state index in [0.29, 0.717) is 31.1 Å². The van der Waals surface area contributed by atoms with Crippen LogP contribution in [-0.4, -0.2) is 60.9 Å². The molecule has 8 nitrogen and oxygen atoms in total. The van der Waals surface area contributed by atoms with E-state index in [-0.39, 0.29) is 21.8 Å². The van der Waals surface area contributed by atoms with Crippen LogP contribution in [0.2, 0.25) is 10.0 Å². The van der Waals surface area contributed by atoms with Gasteiger partial charge in [0.2, 0.25) is 0 Å². The Morgan fingerprint density at radius 1 is 1.09 bits per heavy atom. The van der Waals surface area contributed by atoms with Gasteiger partial charge in [0.1, 0.15) is 18.1 Å². The Bertz CT molecular complexity index is 1070. The number of benzene rings is 2. The normalized spacial score (nSPS) is 16.1. The van der Waals surface area contributed by atoms with Gasteiger partial charge >= 0.3 is 12.3 Å². The molecule has 1 atom stereocenters. The highest BCUT2D eigenvalue weighted by molar-refractivity contribution is 6.32. The summed E-state index contributed by atoms with van der Waals surface area (Å²) in [5.74, 6) is -0.208. The summed E-state index contributed by atoms with van der Waals surface area (Å²) in [4.78, 5) is 24.9. The molecule has 0 aromatic heterocycles. The molecule has 1 saturated heterocycles. The number of halogens is 5. The second-order valence-corrected chi connectivity index (χ2v) is 8.52. The van der Waals surface area contributed by atoms with E-state index in [9.17, 15) is 22.8 Å². The second-order valence-electron chi connectivity index (χ2n) is 7.71. The van der Waals surface area contributed by atoms with Crippen molar-refractivity contribution in [3.63, 3.8) is 0 Å². The van der Waals surface area contributed by atoms with Crippen molar-refractivity contribution in [1.82, 2.24) is 10.2 Å². The molecule has 13 heteroatoms. The number of carboxylic acid groups (broad SMARTS) is 1. The third-order valence-electron chi connectivity index (χ3n) is 5.10. The van der Waals surface area contributed by atoms with Gasteiger partial charge in [-0.05, 0) is 42.8 Å². The van der Waals surface area contributed by atoms with E-state index in [1.165, 1.54) is 6.07 Å². The molecule has 3 N–H and O–H groups in total. The molecule has 0 radical (unpaired) electrons. The van der Waals surface area contributed by atoms with Gasteiger partial charge in [0.25, 0.3) is 5.91 Å². The zero-order chi connectivity index (χ0) is 25.6. The molecule has 1 fully saturated rings. The minimum Gasteiger partial charge on any atom is -0.491 e. The number of likely N-dealkylation sites (tertiary alicyclic amines) is 1. The third-order valence-corrected chi connectivity index (χ3v) is 5.69. The Labute approximate surface area is 208 Å². The first-order chi connectivity index (χ1) is 16.5. The molecule has 0 saturated carbocycles. The number of anilines is 1. The van der Waals surface area contributed by atoms with Crippen LogP contribution in [0.15, 0.2) is 36.4 Å². The number of nitrogens with one attached hydrogen (secondary N) is 2. The lowest BCUT2D eigenvalue weighted by atomic mass is 10.2. The molecule has 1 unspecified atom stereocenters. The fraction of sp³-hybridized carbons (Fsp3) is 0.364. The Balaban J connectivity index is 1.44.